The molecule has 0 radical (unpaired) electrons. The van der Waals surface area contributed by atoms with Crippen LogP contribution in [0, 0.1) is 0 Å². The van der Waals surface area contributed by atoms with Crippen LogP contribution in [0.5, 0.6) is 0 Å². The van der Waals surface area contributed by atoms with Gasteiger partial charge < -0.3 is 4.90 Å². The highest BCUT2D eigenvalue weighted by molar-refractivity contribution is 5.95. The summed E-state index contributed by atoms with van der Waals surface area (Å²) in [5.41, 5.74) is 3.74. The van der Waals surface area contributed by atoms with E-state index >= 15 is 0 Å². The molecule has 3 heteroatoms. The van der Waals surface area contributed by atoms with Gasteiger partial charge in [-0.15, -0.1) is 0 Å². The van der Waals surface area contributed by atoms with Gasteiger partial charge in [0.15, 0.2) is 0 Å². The van der Waals surface area contributed by atoms with E-state index in [0.717, 1.165) is 29.5 Å². The van der Waals surface area contributed by atoms with Crippen molar-refractivity contribution in [1.82, 2.24) is 0 Å². The summed E-state index contributed by atoms with van der Waals surface area (Å²) in [5, 5.41) is 0. The van der Waals surface area contributed by atoms with E-state index in [0.29, 0.717) is 5.56 Å². The smallest absolute Gasteiger partial charge is 0.224 e. The lowest BCUT2D eigenvalue weighted by molar-refractivity contribution is -0.116. The van der Waals surface area contributed by atoms with E-state index in [1.165, 1.54) is 0 Å². The van der Waals surface area contributed by atoms with Gasteiger partial charge >= 0.3 is 0 Å². The molecule has 0 aromatic heterocycles. The minimum atomic E-state index is 0.0191. The Morgan fingerprint density at radius 1 is 1.20 bits per heavy atom. The number of hydrogen-bond acceptors (Lipinski definition) is 2. The molecule has 2 aromatic rings. The van der Waals surface area contributed by atoms with Gasteiger partial charge in [-0.3, -0.25) is 9.59 Å². The third kappa shape index (κ3) is 2.01. The van der Waals surface area contributed by atoms with Crippen LogP contribution in [-0.4, -0.2) is 12.2 Å². The molecule has 100 valence electrons. The molecule has 1 atom stereocenters. The molecule has 3 rings (SSSR count). The minimum Gasteiger partial charge on any atom is -0.305 e. The first-order valence-electron chi connectivity index (χ1n) is 6.63. The van der Waals surface area contributed by atoms with E-state index in [1.54, 1.807) is 13.0 Å². The van der Waals surface area contributed by atoms with Crippen LogP contribution in [-0.2, 0) is 11.2 Å². The van der Waals surface area contributed by atoms with Crippen molar-refractivity contribution in [3.05, 3.63) is 65.2 Å². The Labute approximate surface area is 117 Å². The maximum atomic E-state index is 12.0. The summed E-state index contributed by atoms with van der Waals surface area (Å²) in [4.78, 5) is 24.7. The van der Waals surface area contributed by atoms with Crippen LogP contribution in [0.2, 0.25) is 0 Å². The van der Waals surface area contributed by atoms with Crippen molar-refractivity contribution in [2.45, 2.75) is 19.4 Å². The molecule has 20 heavy (non-hydrogen) atoms. The van der Waals surface area contributed by atoms with Crippen LogP contribution in [0.25, 0.3) is 0 Å². The average molecular weight is 265 g/mol. The third-order valence-electron chi connectivity index (χ3n) is 3.75. The van der Waals surface area contributed by atoms with Crippen LogP contribution in [0.3, 0.4) is 0 Å². The van der Waals surface area contributed by atoms with Crippen molar-refractivity contribution in [2.24, 2.45) is 0 Å². The van der Waals surface area contributed by atoms with Crippen molar-refractivity contribution in [2.75, 3.05) is 4.90 Å². The van der Waals surface area contributed by atoms with Gasteiger partial charge in [-0.2, -0.15) is 0 Å². The Balaban J connectivity index is 2.07. The van der Waals surface area contributed by atoms with E-state index in [1.807, 2.05) is 47.4 Å². The Kier molecular flexibility index (Phi) is 3.11. The largest absolute Gasteiger partial charge is 0.305 e. The summed E-state index contributed by atoms with van der Waals surface area (Å²) in [6.45, 7) is 1.58. The highest BCUT2D eigenvalue weighted by Crippen LogP contribution is 2.40. The fraction of sp³-hybridized carbons (Fsp3) is 0.176. The van der Waals surface area contributed by atoms with Gasteiger partial charge in [0.1, 0.15) is 6.29 Å². The molecule has 1 heterocycles. The topological polar surface area (TPSA) is 37.4 Å². The molecule has 0 N–H and O–H groups in total. The molecule has 1 aliphatic heterocycles. The second-order valence-corrected chi connectivity index (χ2v) is 5.03. The standard InChI is InChI=1S/C17H15NO2/c1-12(20)18-16-8-7-13(11-19)9-15(16)10-17(18)14-5-3-2-4-6-14/h2-9,11,17H,10H2,1H3. The van der Waals surface area contributed by atoms with Gasteiger partial charge in [0.05, 0.1) is 6.04 Å². The number of fused-ring (bicyclic) bond motifs is 1. The van der Waals surface area contributed by atoms with E-state index in [-0.39, 0.29) is 11.9 Å². The number of rotatable bonds is 2. The number of amides is 1. The van der Waals surface area contributed by atoms with Crippen molar-refractivity contribution in [1.29, 1.82) is 0 Å². The Morgan fingerprint density at radius 2 is 1.95 bits per heavy atom. The second-order valence-electron chi connectivity index (χ2n) is 5.03. The number of anilines is 1. The molecule has 3 nitrogen and oxygen atoms in total. The quantitative estimate of drug-likeness (QED) is 0.782. The number of aldehydes is 1. The van der Waals surface area contributed by atoms with E-state index in [2.05, 4.69) is 0 Å². The van der Waals surface area contributed by atoms with Crippen LogP contribution in [0.1, 0.15) is 34.5 Å². The molecule has 0 saturated heterocycles. The van der Waals surface area contributed by atoms with Crippen molar-refractivity contribution >= 4 is 17.9 Å². The fourth-order valence-electron chi connectivity index (χ4n) is 2.88. The zero-order valence-corrected chi connectivity index (χ0v) is 11.2. The Hall–Kier alpha value is -2.42. The van der Waals surface area contributed by atoms with Crippen LogP contribution in [0.15, 0.2) is 48.5 Å². The highest BCUT2D eigenvalue weighted by Gasteiger charge is 2.32. The van der Waals surface area contributed by atoms with Gasteiger partial charge in [-0.05, 0) is 35.7 Å². The van der Waals surface area contributed by atoms with Crippen LogP contribution < -0.4 is 4.90 Å². The van der Waals surface area contributed by atoms with Crippen LogP contribution >= 0.6 is 0 Å². The summed E-state index contributed by atoms with van der Waals surface area (Å²) in [6.07, 6.45) is 1.59. The molecule has 0 aliphatic carbocycles. The monoisotopic (exact) mass is 265 g/mol. The van der Waals surface area contributed by atoms with Gasteiger partial charge in [0, 0.05) is 18.2 Å². The maximum Gasteiger partial charge on any atom is 0.224 e. The lowest BCUT2D eigenvalue weighted by Gasteiger charge is -2.24. The number of hydrogen-bond donors (Lipinski definition) is 0. The van der Waals surface area contributed by atoms with Gasteiger partial charge in [-0.25, -0.2) is 0 Å². The predicted octanol–water partition coefficient (Wildman–Crippen LogP) is 3.15. The van der Waals surface area contributed by atoms with Gasteiger partial charge in [0.2, 0.25) is 5.91 Å². The zero-order valence-electron chi connectivity index (χ0n) is 11.2. The normalized spacial score (nSPS) is 16.9. The molecule has 0 saturated carbocycles. The van der Waals surface area contributed by atoms with Gasteiger partial charge in [-0.1, -0.05) is 30.3 Å². The molecular formula is C17H15NO2. The van der Waals surface area contributed by atoms with E-state index in [9.17, 15) is 9.59 Å². The lowest BCUT2D eigenvalue weighted by atomic mass is 10.0. The van der Waals surface area contributed by atoms with Crippen LogP contribution in [0.4, 0.5) is 5.69 Å². The highest BCUT2D eigenvalue weighted by atomic mass is 16.2. The fourth-order valence-corrected chi connectivity index (χ4v) is 2.88. The summed E-state index contributed by atoms with van der Waals surface area (Å²) < 4.78 is 0. The van der Waals surface area contributed by atoms with Gasteiger partial charge in [0.25, 0.3) is 0 Å². The van der Waals surface area contributed by atoms with E-state index in [4.69, 9.17) is 0 Å². The molecular weight excluding hydrogens is 250 g/mol. The first-order chi connectivity index (χ1) is 9.70. The number of carbonyl (C=O) groups is 2. The zero-order chi connectivity index (χ0) is 14.1. The number of carbonyl (C=O) groups excluding carboxylic acids is 2. The summed E-state index contributed by atoms with van der Waals surface area (Å²) >= 11 is 0. The molecule has 2 aromatic carbocycles. The molecule has 1 unspecified atom stereocenters. The molecule has 0 bridgehead atoms. The first-order valence-corrected chi connectivity index (χ1v) is 6.63. The van der Waals surface area contributed by atoms with Crippen molar-refractivity contribution in [3.63, 3.8) is 0 Å². The third-order valence-corrected chi connectivity index (χ3v) is 3.75. The van der Waals surface area contributed by atoms with E-state index < -0.39 is 0 Å². The summed E-state index contributed by atoms with van der Waals surface area (Å²) in [6, 6.07) is 15.5. The van der Waals surface area contributed by atoms with Crippen molar-refractivity contribution in [3.8, 4) is 0 Å². The average Bonchev–Trinajstić information content (AvgIpc) is 2.86. The lowest BCUT2D eigenvalue weighted by Crippen LogP contribution is -2.29. The summed E-state index contributed by atoms with van der Waals surface area (Å²) in [5.74, 6) is 0.0245. The number of nitrogens with zero attached hydrogens (tertiary/aromatic N) is 1. The molecule has 0 spiro atoms. The Morgan fingerprint density at radius 3 is 2.60 bits per heavy atom. The second kappa shape index (κ2) is 4.93. The first kappa shape index (κ1) is 12.6. The molecule has 1 aliphatic rings. The Bertz CT molecular complexity index is 664. The predicted molar refractivity (Wildman–Crippen MR) is 77.9 cm³/mol. The van der Waals surface area contributed by atoms with Crippen molar-refractivity contribution < 1.29 is 9.59 Å². The molecule has 0 fully saturated rings. The number of benzene rings is 2. The summed E-state index contributed by atoms with van der Waals surface area (Å²) in [7, 11) is 0. The molecule has 1 amide bonds. The SMILES string of the molecule is CC(=O)N1c2ccc(C=O)cc2CC1c1ccccc1. The maximum absolute atomic E-state index is 12.0. The minimum absolute atomic E-state index is 0.0191.